The van der Waals surface area contributed by atoms with Crippen molar-refractivity contribution in [3.05, 3.63) is 29.3 Å². The van der Waals surface area contributed by atoms with Gasteiger partial charge in [0.15, 0.2) is 0 Å². The van der Waals surface area contributed by atoms with Crippen molar-refractivity contribution in [3.8, 4) is 5.75 Å². The molecule has 1 aliphatic carbocycles. The van der Waals surface area contributed by atoms with Crippen LogP contribution in [0.1, 0.15) is 50.7 Å². The predicted octanol–water partition coefficient (Wildman–Crippen LogP) is 3.13. The molecule has 0 saturated heterocycles. The van der Waals surface area contributed by atoms with Crippen LogP contribution in [0.5, 0.6) is 5.75 Å². The van der Waals surface area contributed by atoms with Gasteiger partial charge in [0.05, 0.1) is 6.10 Å². The lowest BCUT2D eigenvalue weighted by molar-refractivity contribution is 0.174. The number of aliphatic hydroxyl groups excluding tert-OH is 1. The van der Waals surface area contributed by atoms with Gasteiger partial charge in [-0.25, -0.2) is 4.79 Å². The van der Waals surface area contributed by atoms with E-state index in [9.17, 15) is 4.79 Å². The van der Waals surface area contributed by atoms with Crippen molar-refractivity contribution >= 4 is 6.03 Å². The molecule has 0 heterocycles. The summed E-state index contributed by atoms with van der Waals surface area (Å²) in [4.78, 5) is 12.1. The molecule has 2 amide bonds. The van der Waals surface area contributed by atoms with Crippen LogP contribution in [-0.4, -0.2) is 29.9 Å². The molecule has 1 aromatic carbocycles. The summed E-state index contributed by atoms with van der Waals surface area (Å²) >= 11 is 0. The average molecular weight is 334 g/mol. The minimum atomic E-state index is -0.140. The molecule has 0 aromatic heterocycles. The van der Waals surface area contributed by atoms with E-state index in [0.717, 1.165) is 42.6 Å². The molecule has 1 aromatic rings. The molecule has 134 valence electrons. The number of hydrogen-bond donors (Lipinski definition) is 3. The third-order valence-electron chi connectivity index (χ3n) is 4.46. The van der Waals surface area contributed by atoms with Crippen LogP contribution in [-0.2, 0) is 6.54 Å². The van der Waals surface area contributed by atoms with Crippen molar-refractivity contribution in [1.29, 1.82) is 0 Å². The van der Waals surface area contributed by atoms with Gasteiger partial charge in [-0.15, -0.1) is 0 Å². The number of urea groups is 1. The lowest BCUT2D eigenvalue weighted by Gasteiger charge is -2.28. The van der Waals surface area contributed by atoms with E-state index in [1.54, 1.807) is 0 Å². The van der Waals surface area contributed by atoms with Crippen LogP contribution in [0.3, 0.4) is 0 Å². The van der Waals surface area contributed by atoms with E-state index in [1.165, 1.54) is 0 Å². The lowest BCUT2D eigenvalue weighted by Crippen LogP contribution is -2.43. The molecule has 1 aliphatic rings. The van der Waals surface area contributed by atoms with Gasteiger partial charge in [-0.3, -0.25) is 0 Å². The molecular formula is C19H30N2O3. The third-order valence-corrected chi connectivity index (χ3v) is 4.46. The fourth-order valence-corrected chi connectivity index (χ4v) is 3.07. The summed E-state index contributed by atoms with van der Waals surface area (Å²) in [6.45, 7) is 6.72. The fraction of sp³-hybridized carbons (Fsp3) is 0.632. The fourth-order valence-electron chi connectivity index (χ4n) is 3.07. The van der Waals surface area contributed by atoms with Gasteiger partial charge < -0.3 is 20.5 Å². The zero-order valence-corrected chi connectivity index (χ0v) is 15.0. The number of amides is 2. The molecular weight excluding hydrogens is 304 g/mol. The van der Waals surface area contributed by atoms with Crippen LogP contribution in [0.25, 0.3) is 0 Å². The first-order valence-corrected chi connectivity index (χ1v) is 8.89. The monoisotopic (exact) mass is 334 g/mol. The van der Waals surface area contributed by atoms with Crippen LogP contribution in [0.15, 0.2) is 18.2 Å². The number of aryl methyl sites for hydroxylation is 1. The van der Waals surface area contributed by atoms with Gasteiger partial charge in [0.25, 0.3) is 0 Å². The summed E-state index contributed by atoms with van der Waals surface area (Å²) in [5.41, 5.74) is 2.12. The second-order valence-electron chi connectivity index (χ2n) is 7.01. The molecule has 3 N–H and O–H groups in total. The zero-order valence-electron chi connectivity index (χ0n) is 15.0. The first-order chi connectivity index (χ1) is 11.5. The lowest BCUT2D eigenvalue weighted by atomic mass is 9.87. The Hall–Kier alpha value is -1.75. The van der Waals surface area contributed by atoms with Gasteiger partial charge in [0, 0.05) is 24.8 Å². The molecule has 0 unspecified atom stereocenters. The second kappa shape index (κ2) is 8.92. The standard InChI is InChI=1S/C19H30N2O3/c1-13(2)24-18-10-14(3)4-7-16(18)11-20-19(23)21-17-8-5-15(12-22)6-9-17/h4,7,10,13,15,17,22H,5-6,8-9,11-12H2,1-3H3,(H2,20,21,23). The SMILES string of the molecule is Cc1ccc(CNC(=O)NC2CCC(CO)CC2)c(OC(C)C)c1. The molecule has 1 saturated carbocycles. The van der Waals surface area contributed by atoms with Crippen LogP contribution in [0.2, 0.25) is 0 Å². The normalized spacial score (nSPS) is 20.7. The maximum atomic E-state index is 12.1. The van der Waals surface area contributed by atoms with E-state index < -0.39 is 0 Å². The number of carbonyl (C=O) groups excluding carboxylic acids is 1. The summed E-state index contributed by atoms with van der Waals surface area (Å²) < 4.78 is 5.84. The van der Waals surface area contributed by atoms with E-state index in [2.05, 4.69) is 10.6 Å². The van der Waals surface area contributed by atoms with E-state index in [-0.39, 0.29) is 24.8 Å². The highest BCUT2D eigenvalue weighted by Gasteiger charge is 2.21. The minimum absolute atomic E-state index is 0.0982. The first-order valence-electron chi connectivity index (χ1n) is 8.89. The number of carbonyl (C=O) groups is 1. The van der Waals surface area contributed by atoms with Gasteiger partial charge in [0.2, 0.25) is 0 Å². The minimum Gasteiger partial charge on any atom is -0.491 e. The van der Waals surface area contributed by atoms with Gasteiger partial charge in [-0.1, -0.05) is 12.1 Å². The van der Waals surface area contributed by atoms with E-state index in [4.69, 9.17) is 9.84 Å². The molecule has 0 radical (unpaired) electrons. The van der Waals surface area contributed by atoms with E-state index in [1.807, 2.05) is 39.0 Å². The molecule has 0 atom stereocenters. The largest absolute Gasteiger partial charge is 0.491 e. The van der Waals surface area contributed by atoms with Crippen molar-refractivity contribution in [2.75, 3.05) is 6.61 Å². The Bertz CT molecular complexity index is 537. The molecule has 0 spiro atoms. The first kappa shape index (κ1) is 18.6. The predicted molar refractivity (Wildman–Crippen MR) is 95.1 cm³/mol. The number of ether oxygens (including phenoxy) is 1. The Kier molecular flexibility index (Phi) is 6.91. The van der Waals surface area contributed by atoms with Gasteiger partial charge >= 0.3 is 6.03 Å². The Morgan fingerprint density at radius 3 is 2.62 bits per heavy atom. The summed E-state index contributed by atoms with van der Waals surface area (Å²) in [5, 5.41) is 15.1. The quantitative estimate of drug-likeness (QED) is 0.748. The maximum absolute atomic E-state index is 12.1. The highest BCUT2D eigenvalue weighted by atomic mass is 16.5. The van der Waals surface area contributed by atoms with Crippen molar-refractivity contribution in [2.45, 2.75) is 65.1 Å². The molecule has 0 bridgehead atoms. The van der Waals surface area contributed by atoms with E-state index >= 15 is 0 Å². The van der Waals surface area contributed by atoms with E-state index in [0.29, 0.717) is 12.5 Å². The van der Waals surface area contributed by atoms with Crippen LogP contribution < -0.4 is 15.4 Å². The number of hydrogen-bond acceptors (Lipinski definition) is 3. The summed E-state index contributed by atoms with van der Waals surface area (Å²) in [5.74, 6) is 1.23. The number of nitrogens with one attached hydrogen (secondary N) is 2. The highest BCUT2D eigenvalue weighted by molar-refractivity contribution is 5.74. The molecule has 5 heteroatoms. The van der Waals surface area contributed by atoms with Gasteiger partial charge in [0.1, 0.15) is 5.75 Å². The van der Waals surface area contributed by atoms with Gasteiger partial charge in [-0.2, -0.15) is 0 Å². The van der Waals surface area contributed by atoms with Crippen molar-refractivity contribution in [3.63, 3.8) is 0 Å². The van der Waals surface area contributed by atoms with Crippen molar-refractivity contribution in [1.82, 2.24) is 10.6 Å². The van der Waals surface area contributed by atoms with Crippen molar-refractivity contribution < 1.29 is 14.6 Å². The zero-order chi connectivity index (χ0) is 17.5. The third kappa shape index (κ3) is 5.71. The molecule has 1 fully saturated rings. The number of aliphatic hydroxyl groups is 1. The number of benzene rings is 1. The Morgan fingerprint density at radius 2 is 2.00 bits per heavy atom. The Balaban J connectivity index is 1.83. The summed E-state index contributed by atoms with van der Waals surface area (Å²) in [6.07, 6.45) is 3.92. The summed E-state index contributed by atoms with van der Waals surface area (Å²) in [7, 11) is 0. The molecule has 0 aliphatic heterocycles. The smallest absolute Gasteiger partial charge is 0.315 e. The average Bonchev–Trinajstić information content (AvgIpc) is 2.54. The molecule has 2 rings (SSSR count). The maximum Gasteiger partial charge on any atom is 0.315 e. The highest BCUT2D eigenvalue weighted by Crippen LogP contribution is 2.24. The summed E-state index contributed by atoms with van der Waals surface area (Å²) in [6, 6.07) is 6.10. The van der Waals surface area contributed by atoms with Crippen LogP contribution >= 0.6 is 0 Å². The van der Waals surface area contributed by atoms with Crippen LogP contribution in [0.4, 0.5) is 4.79 Å². The van der Waals surface area contributed by atoms with Gasteiger partial charge in [-0.05, 0) is 64.0 Å². The topological polar surface area (TPSA) is 70.6 Å². The molecule has 5 nitrogen and oxygen atoms in total. The number of rotatable bonds is 6. The van der Waals surface area contributed by atoms with Crippen molar-refractivity contribution in [2.24, 2.45) is 5.92 Å². The molecule has 24 heavy (non-hydrogen) atoms. The Morgan fingerprint density at radius 1 is 1.29 bits per heavy atom. The Labute approximate surface area is 144 Å². The second-order valence-corrected chi connectivity index (χ2v) is 7.01. The van der Waals surface area contributed by atoms with Crippen LogP contribution in [0, 0.1) is 12.8 Å².